The van der Waals surface area contributed by atoms with E-state index in [2.05, 4.69) is 59.6 Å². The fraction of sp³-hybridized carbons (Fsp3) is 0.450. The van der Waals surface area contributed by atoms with Crippen molar-refractivity contribution in [3.63, 3.8) is 0 Å². The van der Waals surface area contributed by atoms with Crippen molar-refractivity contribution in [2.24, 2.45) is 5.41 Å². The van der Waals surface area contributed by atoms with E-state index in [-0.39, 0.29) is 23.9 Å². The van der Waals surface area contributed by atoms with Gasteiger partial charge < -0.3 is 10.2 Å². The lowest BCUT2D eigenvalue weighted by Gasteiger charge is -2.47. The summed E-state index contributed by atoms with van der Waals surface area (Å²) in [5.41, 5.74) is 0.938. The van der Waals surface area contributed by atoms with Crippen LogP contribution in [-0.2, 0) is 4.79 Å². The Morgan fingerprint density at radius 2 is 1.75 bits per heavy atom. The summed E-state index contributed by atoms with van der Waals surface area (Å²) in [7, 11) is 0. The first-order valence-corrected chi connectivity index (χ1v) is 8.73. The van der Waals surface area contributed by atoms with Crippen LogP contribution >= 0.6 is 12.4 Å². The van der Waals surface area contributed by atoms with E-state index in [1.165, 1.54) is 10.8 Å². The van der Waals surface area contributed by atoms with Gasteiger partial charge in [-0.2, -0.15) is 0 Å². The first kappa shape index (κ1) is 17.2. The zero-order valence-corrected chi connectivity index (χ0v) is 14.9. The summed E-state index contributed by atoms with van der Waals surface area (Å²) in [6, 6.07) is 14.9. The second-order valence-corrected chi connectivity index (χ2v) is 7.09. The SMILES string of the molecule is CC1CCC2(CCNCC2)C(=O)N1c1cccc2ccccc12.Cl. The second-order valence-electron chi connectivity index (χ2n) is 7.09. The molecule has 0 aliphatic carbocycles. The maximum Gasteiger partial charge on any atom is 0.233 e. The van der Waals surface area contributed by atoms with Gasteiger partial charge in [-0.05, 0) is 57.1 Å². The molecule has 1 N–H and O–H groups in total. The van der Waals surface area contributed by atoms with Crippen molar-refractivity contribution < 1.29 is 4.79 Å². The molecule has 2 aliphatic heterocycles. The van der Waals surface area contributed by atoms with Crippen LogP contribution < -0.4 is 10.2 Å². The Labute approximate surface area is 149 Å². The average molecular weight is 345 g/mol. The van der Waals surface area contributed by atoms with Crippen LogP contribution in [0.3, 0.4) is 0 Å². The lowest BCUT2D eigenvalue weighted by molar-refractivity contribution is -0.133. The molecular weight excluding hydrogens is 320 g/mol. The molecule has 2 saturated heterocycles. The van der Waals surface area contributed by atoms with E-state index in [9.17, 15) is 4.79 Å². The smallest absolute Gasteiger partial charge is 0.233 e. The molecule has 24 heavy (non-hydrogen) atoms. The number of nitrogens with zero attached hydrogens (tertiary/aromatic N) is 1. The number of carbonyl (C=O) groups excluding carboxylic acids is 1. The van der Waals surface area contributed by atoms with E-state index in [1.807, 2.05) is 0 Å². The molecule has 1 unspecified atom stereocenters. The molecule has 3 nitrogen and oxygen atoms in total. The van der Waals surface area contributed by atoms with E-state index in [0.29, 0.717) is 5.91 Å². The predicted molar refractivity (Wildman–Crippen MR) is 102 cm³/mol. The highest BCUT2D eigenvalue weighted by atomic mass is 35.5. The Bertz CT molecular complexity index is 734. The first-order valence-electron chi connectivity index (χ1n) is 8.73. The molecule has 0 saturated carbocycles. The number of nitrogens with one attached hydrogen (secondary N) is 1. The lowest BCUT2D eigenvalue weighted by Crippen LogP contribution is -2.56. The minimum atomic E-state index is -0.144. The number of benzene rings is 2. The van der Waals surface area contributed by atoms with E-state index in [4.69, 9.17) is 0 Å². The van der Waals surface area contributed by atoms with Gasteiger partial charge in [-0.1, -0.05) is 36.4 Å². The number of hydrogen-bond acceptors (Lipinski definition) is 2. The molecule has 0 bridgehead atoms. The van der Waals surface area contributed by atoms with E-state index in [1.54, 1.807) is 0 Å². The Kier molecular flexibility index (Phi) is 4.84. The summed E-state index contributed by atoms with van der Waals surface area (Å²) in [4.78, 5) is 15.5. The largest absolute Gasteiger partial charge is 0.317 e. The Morgan fingerprint density at radius 1 is 1.04 bits per heavy atom. The summed E-state index contributed by atoms with van der Waals surface area (Å²) in [6.07, 6.45) is 4.07. The highest BCUT2D eigenvalue weighted by Crippen LogP contribution is 2.44. The van der Waals surface area contributed by atoms with E-state index in [0.717, 1.165) is 44.5 Å². The third-order valence-corrected chi connectivity index (χ3v) is 5.74. The summed E-state index contributed by atoms with van der Waals surface area (Å²) < 4.78 is 0. The molecule has 2 fully saturated rings. The number of rotatable bonds is 1. The van der Waals surface area contributed by atoms with Crippen LogP contribution in [0.15, 0.2) is 42.5 Å². The molecule has 128 valence electrons. The fourth-order valence-electron chi connectivity index (χ4n) is 4.31. The molecule has 4 heteroatoms. The number of amides is 1. The Morgan fingerprint density at radius 3 is 2.54 bits per heavy atom. The molecule has 2 aromatic rings. The molecule has 0 aromatic heterocycles. The summed E-state index contributed by atoms with van der Waals surface area (Å²) in [5, 5.41) is 5.79. The molecule has 2 heterocycles. The van der Waals surface area contributed by atoms with Crippen molar-refractivity contribution >= 4 is 34.8 Å². The topological polar surface area (TPSA) is 32.3 Å². The Hall–Kier alpha value is -1.58. The first-order chi connectivity index (χ1) is 11.2. The van der Waals surface area contributed by atoms with Crippen LogP contribution in [-0.4, -0.2) is 25.0 Å². The standard InChI is InChI=1S/C20H24N2O.ClH/c1-15-9-10-20(11-13-21-14-12-20)19(23)22(15)18-8-4-6-16-5-2-3-7-17(16)18;/h2-8,15,21H,9-14H2,1H3;1H. The predicted octanol–water partition coefficient (Wildman–Crippen LogP) is 4.15. The number of piperidine rings is 2. The molecule has 4 rings (SSSR count). The number of carbonyl (C=O) groups is 1. The second kappa shape index (κ2) is 6.73. The summed E-state index contributed by atoms with van der Waals surface area (Å²) in [6.45, 7) is 4.11. The lowest BCUT2D eigenvalue weighted by atomic mass is 9.70. The number of anilines is 1. The van der Waals surface area contributed by atoms with Gasteiger partial charge in [-0.15, -0.1) is 12.4 Å². The zero-order valence-electron chi connectivity index (χ0n) is 14.1. The van der Waals surface area contributed by atoms with Gasteiger partial charge in [0.2, 0.25) is 5.91 Å². The third kappa shape index (κ3) is 2.70. The highest BCUT2D eigenvalue weighted by molar-refractivity contribution is 6.06. The minimum Gasteiger partial charge on any atom is -0.317 e. The van der Waals surface area contributed by atoms with Gasteiger partial charge in [-0.3, -0.25) is 4.79 Å². The number of halogens is 1. The fourth-order valence-corrected chi connectivity index (χ4v) is 4.31. The summed E-state index contributed by atoms with van der Waals surface area (Å²) >= 11 is 0. The van der Waals surface area contributed by atoms with Crippen LogP contribution in [0, 0.1) is 5.41 Å². The van der Waals surface area contributed by atoms with Gasteiger partial charge in [-0.25, -0.2) is 0 Å². The molecule has 1 atom stereocenters. The van der Waals surface area contributed by atoms with E-state index >= 15 is 0 Å². The van der Waals surface area contributed by atoms with Gasteiger partial charge in [0.25, 0.3) is 0 Å². The average Bonchev–Trinajstić information content (AvgIpc) is 2.60. The van der Waals surface area contributed by atoms with Crippen LogP contribution in [0.5, 0.6) is 0 Å². The molecule has 1 spiro atoms. The van der Waals surface area contributed by atoms with Crippen molar-refractivity contribution in [1.82, 2.24) is 5.32 Å². The molecule has 0 radical (unpaired) electrons. The van der Waals surface area contributed by atoms with Crippen molar-refractivity contribution in [2.45, 2.75) is 38.6 Å². The van der Waals surface area contributed by atoms with Gasteiger partial charge in [0, 0.05) is 11.4 Å². The zero-order chi connectivity index (χ0) is 15.9. The normalized spacial score (nSPS) is 23.3. The van der Waals surface area contributed by atoms with Crippen LogP contribution in [0.4, 0.5) is 5.69 Å². The molecule has 2 aromatic carbocycles. The van der Waals surface area contributed by atoms with Crippen LogP contribution in [0.25, 0.3) is 10.8 Å². The van der Waals surface area contributed by atoms with E-state index < -0.39 is 0 Å². The van der Waals surface area contributed by atoms with Gasteiger partial charge >= 0.3 is 0 Å². The van der Waals surface area contributed by atoms with Crippen molar-refractivity contribution in [1.29, 1.82) is 0 Å². The number of fused-ring (bicyclic) bond motifs is 1. The highest BCUT2D eigenvalue weighted by Gasteiger charge is 2.47. The van der Waals surface area contributed by atoms with Gasteiger partial charge in [0.1, 0.15) is 0 Å². The number of hydrogen-bond donors (Lipinski definition) is 1. The van der Waals surface area contributed by atoms with Crippen LogP contribution in [0.1, 0.15) is 32.6 Å². The minimum absolute atomic E-state index is 0. The maximum absolute atomic E-state index is 13.5. The monoisotopic (exact) mass is 344 g/mol. The van der Waals surface area contributed by atoms with Crippen molar-refractivity contribution in [3.05, 3.63) is 42.5 Å². The third-order valence-electron chi connectivity index (χ3n) is 5.74. The van der Waals surface area contributed by atoms with Crippen molar-refractivity contribution in [3.8, 4) is 0 Å². The molecule has 2 aliphatic rings. The quantitative estimate of drug-likeness (QED) is 0.843. The van der Waals surface area contributed by atoms with Crippen LogP contribution in [0.2, 0.25) is 0 Å². The van der Waals surface area contributed by atoms with Gasteiger partial charge in [0.15, 0.2) is 0 Å². The molecule has 1 amide bonds. The summed E-state index contributed by atoms with van der Waals surface area (Å²) in [5.74, 6) is 0.342. The van der Waals surface area contributed by atoms with Crippen molar-refractivity contribution in [2.75, 3.05) is 18.0 Å². The Balaban J connectivity index is 0.00000169. The molecular formula is C20H25ClN2O. The maximum atomic E-state index is 13.5. The van der Waals surface area contributed by atoms with Gasteiger partial charge in [0.05, 0.1) is 11.1 Å².